The van der Waals surface area contributed by atoms with Gasteiger partial charge in [0.05, 0.1) is 0 Å². The summed E-state index contributed by atoms with van der Waals surface area (Å²) in [4.78, 5) is 0. The molecule has 0 amide bonds. The highest BCUT2D eigenvalue weighted by Crippen LogP contribution is 2.13. The van der Waals surface area contributed by atoms with Crippen LogP contribution < -0.4 is 0 Å². The van der Waals surface area contributed by atoms with Crippen LogP contribution in [0.25, 0.3) is 0 Å². The number of rotatable bonds is 4. The Morgan fingerprint density at radius 2 is 0.955 bits per heavy atom. The number of aromatic hydroxyl groups is 2. The van der Waals surface area contributed by atoms with Crippen molar-refractivity contribution < 1.29 is 44.9 Å². The fourth-order valence-electron chi connectivity index (χ4n) is 0.648. The highest BCUT2D eigenvalue weighted by atomic mass is 32.2. The van der Waals surface area contributed by atoms with Crippen molar-refractivity contribution in [2.75, 3.05) is 24.9 Å². The topological polar surface area (TPSA) is 149 Å². The van der Waals surface area contributed by atoms with Gasteiger partial charge < -0.3 is 10.2 Å². The predicted molar refractivity (Wildman–Crippen MR) is 74.6 cm³/mol. The number of phenolic OH excluding ortho intramolecular Hbond substituents is 2. The van der Waals surface area contributed by atoms with Crippen molar-refractivity contribution in [1.29, 1.82) is 0 Å². The molecule has 0 atom stereocenters. The second-order valence-corrected chi connectivity index (χ2v) is 6.61. The minimum absolute atomic E-state index is 0.169. The first kappa shape index (κ1) is 22.8. The van der Waals surface area contributed by atoms with Crippen molar-refractivity contribution in [1.82, 2.24) is 0 Å². The quantitative estimate of drug-likeness (QED) is 0.451. The van der Waals surface area contributed by atoms with Crippen LogP contribution in [-0.4, -0.2) is 61.0 Å². The van der Waals surface area contributed by atoms with Crippen LogP contribution in [0.1, 0.15) is 0 Å². The fourth-order valence-corrected chi connectivity index (χ4v) is 1.04. The Kier molecular flexibility index (Phi) is 11.5. The summed E-state index contributed by atoms with van der Waals surface area (Å²) in [6.45, 7) is -2.06. The van der Waals surface area contributed by atoms with Crippen LogP contribution in [0.4, 0.5) is 8.78 Å². The molecule has 8 nitrogen and oxygen atoms in total. The van der Waals surface area contributed by atoms with Gasteiger partial charge in [-0.25, -0.2) is 8.78 Å². The van der Waals surface area contributed by atoms with Gasteiger partial charge in [-0.3, -0.25) is 9.11 Å². The fraction of sp³-hybridized carbons (Fsp3) is 0.400. The molecule has 0 radical (unpaired) electrons. The Morgan fingerprint density at radius 3 is 1.05 bits per heavy atom. The number of phenols is 2. The molecule has 1 aromatic rings. The van der Waals surface area contributed by atoms with Crippen LogP contribution in [0.3, 0.4) is 0 Å². The Bertz CT molecular complexity index is 543. The van der Waals surface area contributed by atoms with Gasteiger partial charge in [-0.2, -0.15) is 16.8 Å². The molecular weight excluding hydrogens is 350 g/mol. The summed E-state index contributed by atoms with van der Waals surface area (Å²) in [7, 11) is -8.10. The maximum absolute atomic E-state index is 10.9. The maximum Gasteiger partial charge on any atom is 0.267 e. The smallest absolute Gasteiger partial charge is 0.267 e. The molecular formula is C10H16F2O8S2. The average molecular weight is 366 g/mol. The lowest BCUT2D eigenvalue weighted by Crippen LogP contribution is -2.04. The molecule has 0 aliphatic rings. The summed E-state index contributed by atoms with van der Waals surface area (Å²) in [5.41, 5.74) is 0. The lowest BCUT2D eigenvalue weighted by atomic mass is 10.3. The molecule has 22 heavy (non-hydrogen) atoms. The van der Waals surface area contributed by atoms with Gasteiger partial charge in [0.15, 0.2) is 0 Å². The summed E-state index contributed by atoms with van der Waals surface area (Å²) in [6.07, 6.45) is 0. The third-order valence-corrected chi connectivity index (χ3v) is 2.86. The zero-order valence-corrected chi connectivity index (χ0v) is 12.8. The standard InChI is InChI=1S/C6H6O2.2C2H5FO3S/c7-5-1-2-6(8)4-3-5;2*3-1-2-7(4,5)6/h1-4,7-8H;2*1-2H2,(H,4,5,6). The summed E-state index contributed by atoms with van der Waals surface area (Å²) >= 11 is 0. The van der Waals surface area contributed by atoms with E-state index in [1.54, 1.807) is 0 Å². The Balaban J connectivity index is 0. The largest absolute Gasteiger partial charge is 0.508 e. The van der Waals surface area contributed by atoms with E-state index >= 15 is 0 Å². The van der Waals surface area contributed by atoms with Crippen molar-refractivity contribution >= 4 is 20.2 Å². The van der Waals surface area contributed by atoms with E-state index in [0.29, 0.717) is 0 Å². The molecule has 0 bridgehead atoms. The van der Waals surface area contributed by atoms with E-state index in [-0.39, 0.29) is 11.5 Å². The average Bonchev–Trinajstić information content (AvgIpc) is 2.31. The van der Waals surface area contributed by atoms with Gasteiger partial charge in [-0.05, 0) is 24.3 Å². The van der Waals surface area contributed by atoms with Crippen LogP contribution in [0, 0.1) is 0 Å². The lowest BCUT2D eigenvalue weighted by Gasteiger charge is -1.88. The molecule has 130 valence electrons. The normalized spacial score (nSPS) is 10.7. The minimum atomic E-state index is -4.05. The third kappa shape index (κ3) is 20.8. The van der Waals surface area contributed by atoms with Crippen LogP contribution >= 0.6 is 0 Å². The first-order chi connectivity index (χ1) is 9.91. The lowest BCUT2D eigenvalue weighted by molar-refractivity contribution is 0.459. The van der Waals surface area contributed by atoms with Gasteiger partial charge in [0.1, 0.15) is 36.4 Å². The van der Waals surface area contributed by atoms with Crippen LogP contribution in [0.15, 0.2) is 24.3 Å². The molecule has 12 heteroatoms. The number of halogens is 2. The van der Waals surface area contributed by atoms with E-state index < -0.39 is 45.1 Å². The highest BCUT2D eigenvalue weighted by molar-refractivity contribution is 7.86. The molecule has 0 aliphatic carbocycles. The van der Waals surface area contributed by atoms with Gasteiger partial charge in [0.25, 0.3) is 20.2 Å². The molecule has 0 unspecified atom stereocenters. The number of hydrogen-bond donors (Lipinski definition) is 4. The predicted octanol–water partition coefficient (Wildman–Crippen LogP) is 0.785. The van der Waals surface area contributed by atoms with Gasteiger partial charge in [-0.1, -0.05) is 0 Å². The molecule has 1 rings (SSSR count). The summed E-state index contributed by atoms with van der Waals surface area (Å²) in [5, 5.41) is 17.3. The third-order valence-electron chi connectivity index (χ3n) is 1.52. The summed E-state index contributed by atoms with van der Waals surface area (Å²) < 4.78 is 75.6. The van der Waals surface area contributed by atoms with E-state index in [2.05, 4.69) is 0 Å². The number of benzene rings is 1. The summed E-state index contributed by atoms with van der Waals surface area (Å²) in [6, 6.07) is 5.70. The summed E-state index contributed by atoms with van der Waals surface area (Å²) in [5.74, 6) is -1.26. The molecule has 0 fully saturated rings. The van der Waals surface area contributed by atoms with Crippen LogP contribution in [-0.2, 0) is 20.2 Å². The van der Waals surface area contributed by atoms with E-state index in [9.17, 15) is 25.6 Å². The van der Waals surface area contributed by atoms with E-state index in [4.69, 9.17) is 19.3 Å². The molecule has 0 spiro atoms. The molecule has 0 heterocycles. The first-order valence-corrected chi connectivity index (χ1v) is 8.63. The van der Waals surface area contributed by atoms with E-state index in [0.717, 1.165) is 0 Å². The number of hydrogen-bond acceptors (Lipinski definition) is 6. The second-order valence-electron chi connectivity index (χ2n) is 3.47. The van der Waals surface area contributed by atoms with Gasteiger partial charge in [-0.15, -0.1) is 0 Å². The zero-order valence-electron chi connectivity index (χ0n) is 11.1. The second kappa shape index (κ2) is 11.1. The van der Waals surface area contributed by atoms with E-state index in [1.807, 2.05) is 0 Å². The van der Waals surface area contributed by atoms with Crippen molar-refractivity contribution in [2.45, 2.75) is 0 Å². The van der Waals surface area contributed by atoms with Crippen molar-refractivity contribution in [2.24, 2.45) is 0 Å². The zero-order chi connectivity index (χ0) is 17.8. The molecule has 1 aromatic carbocycles. The molecule has 0 saturated carbocycles. The highest BCUT2D eigenvalue weighted by Gasteiger charge is 2.00. The van der Waals surface area contributed by atoms with E-state index in [1.165, 1.54) is 24.3 Å². The molecule has 0 saturated heterocycles. The monoisotopic (exact) mass is 366 g/mol. The molecule has 0 aromatic heterocycles. The van der Waals surface area contributed by atoms with Crippen molar-refractivity contribution in [3.63, 3.8) is 0 Å². The van der Waals surface area contributed by atoms with Gasteiger partial charge >= 0.3 is 0 Å². The van der Waals surface area contributed by atoms with Crippen molar-refractivity contribution in [3.8, 4) is 11.5 Å². The Hall–Kier alpha value is -1.50. The Labute approximate surface area is 126 Å². The van der Waals surface area contributed by atoms with Crippen LogP contribution in [0.2, 0.25) is 0 Å². The molecule has 4 N–H and O–H groups in total. The van der Waals surface area contributed by atoms with Gasteiger partial charge in [0.2, 0.25) is 0 Å². The maximum atomic E-state index is 10.9. The SMILES string of the molecule is O=S(=O)(O)CCF.O=S(=O)(O)CCF.Oc1ccc(O)cc1. The molecule has 0 aliphatic heterocycles. The van der Waals surface area contributed by atoms with Gasteiger partial charge in [0, 0.05) is 0 Å². The van der Waals surface area contributed by atoms with Crippen molar-refractivity contribution in [3.05, 3.63) is 24.3 Å². The minimum Gasteiger partial charge on any atom is -0.508 e. The van der Waals surface area contributed by atoms with Crippen LogP contribution in [0.5, 0.6) is 11.5 Å². The number of alkyl halides is 2. The Morgan fingerprint density at radius 1 is 0.727 bits per heavy atom. The first-order valence-electron chi connectivity index (χ1n) is 5.41.